The van der Waals surface area contributed by atoms with E-state index in [1.54, 1.807) is 17.7 Å². The zero-order valence-corrected chi connectivity index (χ0v) is 13.8. The summed E-state index contributed by atoms with van der Waals surface area (Å²) in [4.78, 5) is 4.37. The fourth-order valence-electron chi connectivity index (χ4n) is 0.948. The van der Waals surface area contributed by atoms with Gasteiger partial charge in [-0.05, 0) is 38.5 Å². The van der Waals surface area contributed by atoms with Gasteiger partial charge < -0.3 is 9.61 Å². The minimum absolute atomic E-state index is 0.341. The zero-order chi connectivity index (χ0) is 13.1. The van der Waals surface area contributed by atoms with E-state index in [9.17, 15) is 0 Å². The van der Waals surface area contributed by atoms with E-state index in [2.05, 4.69) is 30.9 Å². The van der Waals surface area contributed by atoms with Crippen LogP contribution in [0.5, 0.6) is 0 Å². The highest BCUT2D eigenvalue weighted by molar-refractivity contribution is 8.68. The summed E-state index contributed by atoms with van der Waals surface area (Å²) < 4.78 is 5.68. The van der Waals surface area contributed by atoms with Crippen molar-refractivity contribution in [1.29, 1.82) is 0 Å². The lowest BCUT2D eigenvalue weighted by molar-refractivity contribution is 0.383. The lowest BCUT2D eigenvalue weighted by Gasteiger charge is -2.20. The first kappa shape index (κ1) is 17.4. The molecule has 0 aliphatic carbocycles. The van der Waals surface area contributed by atoms with Gasteiger partial charge in [0.2, 0.25) is 5.62 Å². The van der Waals surface area contributed by atoms with Crippen LogP contribution >= 0.6 is 17.0 Å². The molecule has 0 aliphatic heterocycles. The average molecular weight is 296 g/mol. The third kappa shape index (κ3) is 9.06. The van der Waals surface area contributed by atoms with E-state index in [0.717, 1.165) is 12.2 Å². The van der Waals surface area contributed by atoms with Gasteiger partial charge in [-0.15, -0.1) is 0 Å². The summed E-state index contributed by atoms with van der Waals surface area (Å²) in [7, 11) is 0. The number of nitrogens with zero attached hydrogens (tertiary/aromatic N) is 1. The third-order valence-electron chi connectivity index (χ3n) is 2.19. The maximum absolute atomic E-state index is 5.68. The standard InChI is InChI=1S/C11H25N2OPS2/c1-5-8-9-17-15(16,14-7-3)13-10-12-11(4)6-2/h10-11H,5-9H2,1-4H3,(H,12,13,16). The Labute approximate surface area is 115 Å². The van der Waals surface area contributed by atoms with Gasteiger partial charge in [0, 0.05) is 11.8 Å². The van der Waals surface area contributed by atoms with Crippen molar-refractivity contribution in [1.82, 2.24) is 5.09 Å². The van der Waals surface area contributed by atoms with Crippen molar-refractivity contribution in [3.05, 3.63) is 0 Å². The zero-order valence-electron chi connectivity index (χ0n) is 11.3. The van der Waals surface area contributed by atoms with Crippen molar-refractivity contribution in [2.45, 2.75) is 53.0 Å². The summed E-state index contributed by atoms with van der Waals surface area (Å²) in [6.45, 7) is 9.03. The molecule has 0 bridgehead atoms. The highest BCUT2D eigenvalue weighted by atomic mass is 32.9. The second kappa shape index (κ2) is 10.4. The van der Waals surface area contributed by atoms with Crippen molar-refractivity contribution in [2.75, 3.05) is 12.4 Å². The van der Waals surface area contributed by atoms with Gasteiger partial charge in [0.05, 0.1) is 12.9 Å². The van der Waals surface area contributed by atoms with Crippen LogP contribution in [-0.4, -0.2) is 24.7 Å². The quantitative estimate of drug-likeness (QED) is 0.283. The molecule has 0 saturated carbocycles. The normalized spacial score (nSPS) is 16.9. The lowest BCUT2D eigenvalue weighted by atomic mass is 10.3. The molecule has 0 aromatic carbocycles. The number of nitrogens with one attached hydrogen (secondary N) is 1. The van der Waals surface area contributed by atoms with Crippen molar-refractivity contribution in [2.24, 2.45) is 4.99 Å². The van der Waals surface area contributed by atoms with E-state index in [4.69, 9.17) is 16.3 Å². The molecule has 0 radical (unpaired) electrons. The lowest BCUT2D eigenvalue weighted by Crippen LogP contribution is -2.10. The first-order chi connectivity index (χ1) is 8.08. The maximum Gasteiger partial charge on any atom is 0.211 e. The van der Waals surface area contributed by atoms with Crippen molar-refractivity contribution >= 4 is 35.1 Å². The van der Waals surface area contributed by atoms with Crippen molar-refractivity contribution < 1.29 is 4.52 Å². The van der Waals surface area contributed by atoms with Gasteiger partial charge in [0.1, 0.15) is 0 Å². The topological polar surface area (TPSA) is 33.6 Å². The van der Waals surface area contributed by atoms with Crippen LogP contribution in [0.1, 0.15) is 47.0 Å². The third-order valence-corrected chi connectivity index (χ3v) is 7.82. The monoisotopic (exact) mass is 296 g/mol. The van der Waals surface area contributed by atoms with E-state index in [1.165, 1.54) is 12.8 Å². The van der Waals surface area contributed by atoms with Gasteiger partial charge in [0.25, 0.3) is 0 Å². The van der Waals surface area contributed by atoms with Crippen LogP contribution in [-0.2, 0) is 16.3 Å². The summed E-state index contributed by atoms with van der Waals surface area (Å²) in [6, 6.07) is 0.341. The molecule has 0 saturated heterocycles. The van der Waals surface area contributed by atoms with Crippen LogP contribution in [0.4, 0.5) is 0 Å². The molecule has 102 valence electrons. The predicted molar refractivity (Wildman–Crippen MR) is 84.7 cm³/mol. The van der Waals surface area contributed by atoms with Gasteiger partial charge >= 0.3 is 0 Å². The Morgan fingerprint density at radius 3 is 2.71 bits per heavy atom. The molecule has 0 aromatic heterocycles. The molecule has 1 N–H and O–H groups in total. The Balaban J connectivity index is 4.20. The minimum atomic E-state index is -1.97. The van der Waals surface area contributed by atoms with E-state index >= 15 is 0 Å². The van der Waals surface area contributed by atoms with Gasteiger partial charge in [0.15, 0.2) is 0 Å². The molecule has 0 rings (SSSR count). The summed E-state index contributed by atoms with van der Waals surface area (Å²) in [5.74, 6) is 1.05. The Hall–Kier alpha value is 0.430. The maximum atomic E-state index is 5.68. The molecule has 2 unspecified atom stereocenters. The fraction of sp³-hybridized carbons (Fsp3) is 0.909. The summed E-state index contributed by atoms with van der Waals surface area (Å²) in [5, 5.41) is 3.20. The first-order valence-corrected chi connectivity index (χ1v) is 10.6. The number of hydrogen-bond donors (Lipinski definition) is 1. The summed E-state index contributed by atoms with van der Waals surface area (Å²) in [6.07, 6.45) is 5.15. The van der Waals surface area contributed by atoms with Gasteiger partial charge in [-0.1, -0.05) is 31.7 Å². The van der Waals surface area contributed by atoms with Crippen LogP contribution in [0, 0.1) is 0 Å². The van der Waals surface area contributed by atoms with Gasteiger partial charge in [-0.25, -0.2) is 0 Å². The highest BCUT2D eigenvalue weighted by Gasteiger charge is 2.15. The number of unbranched alkanes of at least 4 members (excludes halogenated alkanes) is 1. The highest BCUT2D eigenvalue weighted by Crippen LogP contribution is 2.55. The smallest absolute Gasteiger partial charge is 0.211 e. The molecule has 0 amide bonds. The first-order valence-electron chi connectivity index (χ1n) is 6.26. The summed E-state index contributed by atoms with van der Waals surface area (Å²) >= 11 is 7.29. The number of hydrogen-bond acceptors (Lipinski definition) is 4. The van der Waals surface area contributed by atoms with Crippen molar-refractivity contribution in [3.63, 3.8) is 0 Å². The predicted octanol–water partition coefficient (Wildman–Crippen LogP) is 4.20. The second-order valence-electron chi connectivity index (χ2n) is 3.77. The van der Waals surface area contributed by atoms with Gasteiger partial charge in [-0.3, -0.25) is 4.99 Å². The average Bonchev–Trinajstić information content (AvgIpc) is 2.29. The molecule has 0 aliphatic rings. The molecule has 2 atom stereocenters. The van der Waals surface area contributed by atoms with Crippen LogP contribution in [0.25, 0.3) is 0 Å². The Morgan fingerprint density at radius 2 is 2.18 bits per heavy atom. The number of rotatable bonds is 10. The van der Waals surface area contributed by atoms with Crippen LogP contribution in [0.15, 0.2) is 4.99 Å². The molecule has 0 spiro atoms. The van der Waals surface area contributed by atoms with E-state index < -0.39 is 5.62 Å². The molecule has 0 heterocycles. The van der Waals surface area contributed by atoms with E-state index in [-0.39, 0.29) is 0 Å². The largest absolute Gasteiger partial charge is 0.327 e. The molecule has 3 nitrogen and oxygen atoms in total. The van der Waals surface area contributed by atoms with Gasteiger partial charge in [-0.2, -0.15) is 0 Å². The minimum Gasteiger partial charge on any atom is -0.327 e. The molecule has 17 heavy (non-hydrogen) atoms. The van der Waals surface area contributed by atoms with Crippen molar-refractivity contribution in [3.8, 4) is 0 Å². The Morgan fingerprint density at radius 1 is 1.47 bits per heavy atom. The van der Waals surface area contributed by atoms with E-state index in [1.807, 2.05) is 6.92 Å². The van der Waals surface area contributed by atoms with Crippen LogP contribution in [0.3, 0.4) is 0 Å². The summed E-state index contributed by atoms with van der Waals surface area (Å²) in [5.41, 5.74) is -1.97. The second-order valence-corrected chi connectivity index (χ2v) is 10.5. The number of aliphatic imine (C=N–C) groups is 1. The van der Waals surface area contributed by atoms with Crippen LogP contribution in [0.2, 0.25) is 0 Å². The molecule has 0 aromatic rings. The fourth-order valence-corrected chi connectivity index (χ4v) is 5.52. The molecule has 6 heteroatoms. The van der Waals surface area contributed by atoms with Crippen LogP contribution < -0.4 is 5.09 Å². The molecular formula is C11H25N2OPS2. The molecular weight excluding hydrogens is 271 g/mol. The Kier molecular flexibility index (Phi) is 10.6. The molecule has 0 fully saturated rings. The van der Waals surface area contributed by atoms with E-state index in [0.29, 0.717) is 12.6 Å². The SMILES string of the molecule is CCCCSP(=S)(NC=NC(C)CC)OCC. The Bertz CT molecular complexity index is 262.